The lowest BCUT2D eigenvalue weighted by Gasteiger charge is -2.36. The van der Waals surface area contributed by atoms with Gasteiger partial charge in [0, 0.05) is 12.6 Å². The Hall–Kier alpha value is -3.47. The smallest absolute Gasteiger partial charge is 0.268 e. The normalized spacial score (nSPS) is 16.5. The second-order valence-electron chi connectivity index (χ2n) is 7.09. The van der Waals surface area contributed by atoms with Gasteiger partial charge in [-0.3, -0.25) is 19.4 Å². The van der Waals surface area contributed by atoms with Gasteiger partial charge in [0.25, 0.3) is 11.8 Å². The fourth-order valence-electron chi connectivity index (χ4n) is 3.17. The molecule has 1 aliphatic heterocycles. The lowest BCUT2D eigenvalue weighted by molar-refractivity contribution is -0.136. The molecule has 0 spiro atoms. The second kappa shape index (κ2) is 9.15. The van der Waals surface area contributed by atoms with E-state index in [0.29, 0.717) is 6.42 Å². The highest BCUT2D eigenvalue weighted by molar-refractivity contribution is 6.29. The Bertz CT molecular complexity index is 947. The Morgan fingerprint density at radius 2 is 1.48 bits per heavy atom. The Kier molecular flexibility index (Phi) is 6.39. The predicted octanol–water partition coefficient (Wildman–Crippen LogP) is 4.07. The van der Waals surface area contributed by atoms with Crippen molar-refractivity contribution in [1.29, 1.82) is 0 Å². The minimum Gasteiger partial charge on any atom is -0.268 e. The number of hydrogen-bond acceptors (Lipinski definition) is 3. The molecular weight excluding hydrogens is 364 g/mol. The van der Waals surface area contributed by atoms with Crippen LogP contribution in [0.2, 0.25) is 0 Å². The molecule has 148 valence electrons. The fourth-order valence-corrected chi connectivity index (χ4v) is 3.17. The highest BCUT2D eigenvalue weighted by Gasteiger charge is 2.42. The monoisotopic (exact) mass is 388 g/mol. The number of rotatable bonds is 6. The topological polar surface area (TPSA) is 57.7 Å². The molecule has 0 radical (unpaired) electrons. The molecule has 0 aliphatic carbocycles. The first kappa shape index (κ1) is 20.3. The number of amides is 4. The van der Waals surface area contributed by atoms with Crippen LogP contribution in [0.5, 0.6) is 0 Å². The predicted molar refractivity (Wildman–Crippen MR) is 113 cm³/mol. The van der Waals surface area contributed by atoms with E-state index in [1.807, 2.05) is 66.7 Å². The van der Waals surface area contributed by atoms with Gasteiger partial charge in [-0.1, -0.05) is 72.8 Å². The van der Waals surface area contributed by atoms with Gasteiger partial charge in [-0.15, -0.1) is 0 Å². The van der Waals surface area contributed by atoms with Crippen LogP contribution < -0.4 is 0 Å². The van der Waals surface area contributed by atoms with Crippen molar-refractivity contribution in [1.82, 2.24) is 9.80 Å². The molecule has 0 bridgehead atoms. The van der Waals surface area contributed by atoms with E-state index in [9.17, 15) is 14.4 Å². The number of hydrogen-bond donors (Lipinski definition) is 0. The molecule has 5 nitrogen and oxygen atoms in total. The van der Waals surface area contributed by atoms with Crippen LogP contribution in [0.25, 0.3) is 6.08 Å². The highest BCUT2D eigenvalue weighted by Crippen LogP contribution is 2.21. The Morgan fingerprint density at radius 1 is 0.862 bits per heavy atom. The third kappa shape index (κ3) is 4.69. The second-order valence-corrected chi connectivity index (χ2v) is 7.09. The molecule has 1 fully saturated rings. The summed E-state index contributed by atoms with van der Waals surface area (Å²) in [6.45, 7) is 3.74. The lowest BCUT2D eigenvalue weighted by Crippen LogP contribution is -2.58. The molecular formula is C24H24N2O3. The average Bonchev–Trinajstić information content (AvgIpc) is 2.71. The van der Waals surface area contributed by atoms with Crippen LogP contribution >= 0.6 is 0 Å². The van der Waals surface area contributed by atoms with Crippen molar-refractivity contribution in [3.8, 4) is 0 Å². The van der Waals surface area contributed by atoms with Crippen LogP contribution in [-0.4, -0.2) is 40.2 Å². The molecule has 0 aromatic heterocycles. The Morgan fingerprint density at radius 3 is 2.10 bits per heavy atom. The maximum Gasteiger partial charge on any atom is 0.334 e. The third-order valence-electron chi connectivity index (χ3n) is 4.70. The minimum atomic E-state index is -0.560. The number of nitrogens with zero attached hydrogens (tertiary/aromatic N) is 2. The van der Waals surface area contributed by atoms with Gasteiger partial charge >= 0.3 is 6.03 Å². The van der Waals surface area contributed by atoms with Gasteiger partial charge in [0.2, 0.25) is 0 Å². The van der Waals surface area contributed by atoms with Crippen LogP contribution in [-0.2, 0) is 16.0 Å². The van der Waals surface area contributed by atoms with E-state index < -0.39 is 17.8 Å². The van der Waals surface area contributed by atoms with Gasteiger partial charge in [-0.05, 0) is 37.5 Å². The quantitative estimate of drug-likeness (QED) is 0.554. The summed E-state index contributed by atoms with van der Waals surface area (Å²) in [5.41, 5.74) is 1.98. The summed E-state index contributed by atoms with van der Waals surface area (Å²) >= 11 is 0. The lowest BCUT2D eigenvalue weighted by atomic mass is 10.1. The minimum absolute atomic E-state index is 0.00135. The first-order valence-electron chi connectivity index (χ1n) is 9.65. The van der Waals surface area contributed by atoms with E-state index in [-0.39, 0.29) is 18.2 Å². The third-order valence-corrected chi connectivity index (χ3v) is 4.70. The van der Waals surface area contributed by atoms with E-state index in [2.05, 4.69) is 0 Å². The van der Waals surface area contributed by atoms with Crippen LogP contribution in [0.3, 0.4) is 0 Å². The van der Waals surface area contributed by atoms with Crippen LogP contribution in [0.15, 0.2) is 78.4 Å². The zero-order chi connectivity index (χ0) is 20.8. The van der Waals surface area contributed by atoms with Crippen molar-refractivity contribution in [3.05, 3.63) is 89.5 Å². The van der Waals surface area contributed by atoms with Gasteiger partial charge < -0.3 is 0 Å². The molecule has 2 aromatic carbocycles. The summed E-state index contributed by atoms with van der Waals surface area (Å²) in [5, 5.41) is 0. The van der Waals surface area contributed by atoms with Crippen molar-refractivity contribution in [2.75, 3.05) is 6.54 Å². The first-order valence-corrected chi connectivity index (χ1v) is 9.65. The molecule has 0 atom stereocenters. The summed E-state index contributed by atoms with van der Waals surface area (Å²) < 4.78 is 0. The van der Waals surface area contributed by atoms with Crippen molar-refractivity contribution in [2.24, 2.45) is 0 Å². The molecule has 5 heteroatoms. The van der Waals surface area contributed by atoms with E-state index in [0.717, 1.165) is 20.9 Å². The first-order chi connectivity index (χ1) is 14.0. The van der Waals surface area contributed by atoms with Gasteiger partial charge in [-0.2, -0.15) is 0 Å². The van der Waals surface area contributed by atoms with Gasteiger partial charge in [0.15, 0.2) is 0 Å². The summed E-state index contributed by atoms with van der Waals surface area (Å²) in [6.07, 6.45) is 5.52. The number of urea groups is 1. The van der Waals surface area contributed by atoms with Crippen LogP contribution in [0.1, 0.15) is 25.0 Å². The SMILES string of the molecule is CC(C)N1C(=O)/C(=C\C=C\c2ccccc2)C(=O)N(CCc2ccccc2)C1=O. The van der Waals surface area contributed by atoms with Crippen LogP contribution in [0, 0.1) is 0 Å². The zero-order valence-corrected chi connectivity index (χ0v) is 16.6. The summed E-state index contributed by atoms with van der Waals surface area (Å²) in [5.74, 6) is -1.10. The maximum atomic E-state index is 12.9. The number of carbonyl (C=O) groups is 3. The van der Waals surface area contributed by atoms with Gasteiger partial charge in [0.05, 0.1) is 0 Å². The highest BCUT2D eigenvalue weighted by atomic mass is 16.2. The number of imide groups is 2. The maximum absolute atomic E-state index is 12.9. The van der Waals surface area contributed by atoms with Crippen molar-refractivity contribution in [2.45, 2.75) is 26.3 Å². The van der Waals surface area contributed by atoms with Crippen molar-refractivity contribution in [3.63, 3.8) is 0 Å². The van der Waals surface area contributed by atoms with Gasteiger partial charge in [-0.25, -0.2) is 4.79 Å². The number of allylic oxidation sites excluding steroid dienone is 2. The molecule has 1 aliphatic rings. The summed E-state index contributed by atoms with van der Waals surface area (Å²) in [6, 6.07) is 18.3. The van der Waals surface area contributed by atoms with E-state index in [4.69, 9.17) is 0 Å². The zero-order valence-electron chi connectivity index (χ0n) is 16.6. The molecule has 29 heavy (non-hydrogen) atoms. The fraction of sp³-hybridized carbons (Fsp3) is 0.208. The van der Waals surface area contributed by atoms with E-state index in [1.165, 1.54) is 6.08 Å². The van der Waals surface area contributed by atoms with Crippen LogP contribution in [0.4, 0.5) is 4.79 Å². The number of barbiturate groups is 1. The number of benzene rings is 2. The van der Waals surface area contributed by atoms with Crippen molar-refractivity contribution < 1.29 is 14.4 Å². The molecule has 4 amide bonds. The standard InChI is InChI=1S/C24H24N2O3/c1-18(2)26-23(28)21(15-9-14-19-10-5-3-6-11-19)22(27)25(24(26)29)17-16-20-12-7-4-8-13-20/h3-15,18H,16-17H2,1-2H3/b14-9+,21-15-. The van der Waals surface area contributed by atoms with Crippen molar-refractivity contribution >= 4 is 23.9 Å². The largest absolute Gasteiger partial charge is 0.334 e. The summed E-state index contributed by atoms with van der Waals surface area (Å²) in [4.78, 5) is 40.9. The number of carbonyl (C=O) groups excluding carboxylic acids is 3. The summed E-state index contributed by atoms with van der Waals surface area (Å²) in [7, 11) is 0. The Balaban J connectivity index is 1.85. The molecule has 2 aromatic rings. The average molecular weight is 388 g/mol. The molecule has 0 N–H and O–H groups in total. The molecule has 3 rings (SSSR count). The van der Waals surface area contributed by atoms with E-state index >= 15 is 0 Å². The molecule has 1 heterocycles. The van der Waals surface area contributed by atoms with Gasteiger partial charge in [0.1, 0.15) is 5.57 Å². The molecule has 0 unspecified atom stereocenters. The molecule has 0 saturated carbocycles. The molecule has 1 saturated heterocycles. The van der Waals surface area contributed by atoms with E-state index in [1.54, 1.807) is 19.9 Å². The Labute approximate surface area is 170 Å².